The second-order valence-corrected chi connectivity index (χ2v) is 6.21. The van der Waals surface area contributed by atoms with Crippen LogP contribution in [0.5, 0.6) is 0 Å². The highest BCUT2D eigenvalue weighted by Gasteiger charge is 2.22. The third kappa shape index (κ3) is 8.37. The summed E-state index contributed by atoms with van der Waals surface area (Å²) in [6.07, 6.45) is 20.2. The van der Waals surface area contributed by atoms with Gasteiger partial charge in [0.2, 0.25) is 0 Å². The Morgan fingerprint density at radius 3 is 2.52 bits per heavy atom. The van der Waals surface area contributed by atoms with Crippen LogP contribution in [0.3, 0.4) is 0 Å². The Hall–Kier alpha value is -0.670. The smallest absolute Gasteiger partial charge is 0.103 e. The molecule has 122 valence electrons. The van der Waals surface area contributed by atoms with Gasteiger partial charge in [-0.2, -0.15) is 0 Å². The molecule has 0 aromatic rings. The molecule has 0 spiro atoms. The summed E-state index contributed by atoms with van der Waals surface area (Å²) in [4.78, 5) is 6.78. The van der Waals surface area contributed by atoms with E-state index >= 15 is 0 Å². The SMILES string of the molecule is CCCCCCCC/C=C/CCCC1N=CCN1C(C)N. The minimum atomic E-state index is 0.112. The summed E-state index contributed by atoms with van der Waals surface area (Å²) in [5.74, 6) is 0. The topological polar surface area (TPSA) is 41.6 Å². The number of allylic oxidation sites excluding steroid dienone is 2. The highest BCUT2D eigenvalue weighted by molar-refractivity contribution is 5.62. The van der Waals surface area contributed by atoms with Gasteiger partial charge in [-0.15, -0.1) is 0 Å². The average Bonchev–Trinajstić information content (AvgIpc) is 2.93. The third-order valence-electron chi connectivity index (χ3n) is 4.20. The molecule has 2 unspecified atom stereocenters. The zero-order valence-corrected chi connectivity index (χ0v) is 14.1. The number of nitrogens with two attached hydrogens (primary N) is 1. The monoisotopic (exact) mass is 293 g/mol. The highest BCUT2D eigenvalue weighted by Crippen LogP contribution is 2.15. The number of hydrogen-bond donors (Lipinski definition) is 1. The summed E-state index contributed by atoms with van der Waals surface area (Å²) in [6.45, 7) is 5.23. The Bertz CT molecular complexity index is 297. The van der Waals surface area contributed by atoms with E-state index in [1.54, 1.807) is 0 Å². The van der Waals surface area contributed by atoms with Crippen molar-refractivity contribution >= 4 is 6.21 Å². The number of nitrogens with zero attached hydrogens (tertiary/aromatic N) is 2. The molecule has 1 rings (SSSR count). The molecule has 1 aliphatic rings. The second-order valence-electron chi connectivity index (χ2n) is 6.21. The summed E-state index contributed by atoms with van der Waals surface area (Å²) in [6, 6.07) is 0. The Kier molecular flexibility index (Phi) is 10.4. The van der Waals surface area contributed by atoms with Crippen molar-refractivity contribution < 1.29 is 0 Å². The van der Waals surface area contributed by atoms with Gasteiger partial charge in [0.1, 0.15) is 6.17 Å². The van der Waals surface area contributed by atoms with E-state index in [9.17, 15) is 0 Å². The van der Waals surface area contributed by atoms with Crippen LogP contribution in [0.2, 0.25) is 0 Å². The molecule has 2 atom stereocenters. The molecule has 21 heavy (non-hydrogen) atoms. The van der Waals surface area contributed by atoms with Crippen molar-refractivity contribution in [1.82, 2.24) is 4.90 Å². The predicted molar refractivity (Wildman–Crippen MR) is 93.6 cm³/mol. The van der Waals surface area contributed by atoms with Crippen LogP contribution in [0.25, 0.3) is 0 Å². The largest absolute Gasteiger partial charge is 0.316 e. The van der Waals surface area contributed by atoms with Crippen LogP contribution in [0.4, 0.5) is 0 Å². The van der Waals surface area contributed by atoms with Gasteiger partial charge in [0, 0.05) is 12.8 Å². The molecule has 0 saturated carbocycles. The van der Waals surface area contributed by atoms with E-state index in [4.69, 9.17) is 5.73 Å². The zero-order chi connectivity index (χ0) is 15.3. The zero-order valence-electron chi connectivity index (χ0n) is 14.1. The molecule has 0 amide bonds. The Balaban J connectivity index is 1.94. The molecule has 0 bridgehead atoms. The van der Waals surface area contributed by atoms with Gasteiger partial charge < -0.3 is 5.73 Å². The number of unbranched alkanes of at least 4 members (excludes halogenated alkanes) is 7. The molecular weight excluding hydrogens is 258 g/mol. The first-order valence-electron chi connectivity index (χ1n) is 8.93. The van der Waals surface area contributed by atoms with Crippen molar-refractivity contribution in [3.8, 4) is 0 Å². The Morgan fingerprint density at radius 1 is 1.14 bits per heavy atom. The van der Waals surface area contributed by atoms with Crippen LogP contribution >= 0.6 is 0 Å². The van der Waals surface area contributed by atoms with Crippen molar-refractivity contribution in [2.75, 3.05) is 6.54 Å². The number of aliphatic imine (C=N–C) groups is 1. The van der Waals surface area contributed by atoms with Gasteiger partial charge in [-0.1, -0.05) is 51.2 Å². The van der Waals surface area contributed by atoms with Crippen molar-refractivity contribution in [2.24, 2.45) is 10.7 Å². The second kappa shape index (κ2) is 11.9. The fraction of sp³-hybridized carbons (Fsp3) is 0.833. The lowest BCUT2D eigenvalue weighted by atomic mass is 10.1. The lowest BCUT2D eigenvalue weighted by molar-refractivity contribution is 0.183. The molecule has 3 nitrogen and oxygen atoms in total. The molecule has 0 aromatic heterocycles. The van der Waals surface area contributed by atoms with Crippen LogP contribution in [-0.4, -0.2) is 30.0 Å². The predicted octanol–water partition coefficient (Wildman–Crippen LogP) is 4.48. The molecular formula is C18H35N3. The van der Waals surface area contributed by atoms with Crippen molar-refractivity contribution in [2.45, 2.75) is 90.4 Å². The van der Waals surface area contributed by atoms with Gasteiger partial charge in [-0.25, -0.2) is 0 Å². The Morgan fingerprint density at radius 2 is 1.81 bits per heavy atom. The van der Waals surface area contributed by atoms with Crippen LogP contribution in [0, 0.1) is 0 Å². The van der Waals surface area contributed by atoms with Crippen molar-refractivity contribution in [3.05, 3.63) is 12.2 Å². The summed E-state index contributed by atoms with van der Waals surface area (Å²) < 4.78 is 0. The van der Waals surface area contributed by atoms with Crippen LogP contribution < -0.4 is 5.73 Å². The van der Waals surface area contributed by atoms with Crippen LogP contribution in [-0.2, 0) is 0 Å². The third-order valence-corrected chi connectivity index (χ3v) is 4.20. The summed E-state index contributed by atoms with van der Waals surface area (Å²) >= 11 is 0. The molecule has 0 radical (unpaired) electrons. The summed E-state index contributed by atoms with van der Waals surface area (Å²) in [7, 11) is 0. The Labute approximate surface area is 131 Å². The van der Waals surface area contributed by atoms with Gasteiger partial charge in [0.05, 0.1) is 6.17 Å². The van der Waals surface area contributed by atoms with Gasteiger partial charge in [0.25, 0.3) is 0 Å². The fourth-order valence-corrected chi connectivity index (χ4v) is 2.84. The van der Waals surface area contributed by atoms with Crippen molar-refractivity contribution in [3.63, 3.8) is 0 Å². The minimum Gasteiger partial charge on any atom is -0.316 e. The first kappa shape index (κ1) is 18.4. The van der Waals surface area contributed by atoms with E-state index in [1.165, 1.54) is 57.8 Å². The number of rotatable bonds is 12. The standard InChI is InChI=1S/C18H35N3/c1-3-4-5-6-7-8-9-10-11-12-13-14-18-20-15-16-21(18)17(2)19/h10-11,15,17-18H,3-9,12-14,16,19H2,1-2H3/b11-10+. The molecule has 3 heteroatoms. The molecule has 1 heterocycles. The first-order valence-corrected chi connectivity index (χ1v) is 8.93. The maximum atomic E-state index is 5.95. The van der Waals surface area contributed by atoms with E-state index in [-0.39, 0.29) is 6.17 Å². The van der Waals surface area contributed by atoms with Gasteiger partial charge >= 0.3 is 0 Å². The van der Waals surface area contributed by atoms with Crippen LogP contribution in [0.1, 0.15) is 78.1 Å². The normalized spacial score (nSPS) is 20.6. The lowest BCUT2D eigenvalue weighted by Gasteiger charge is -2.26. The molecule has 1 aliphatic heterocycles. The number of hydrogen-bond acceptors (Lipinski definition) is 3. The van der Waals surface area contributed by atoms with Crippen molar-refractivity contribution in [1.29, 1.82) is 0 Å². The summed E-state index contributed by atoms with van der Waals surface area (Å²) in [5.41, 5.74) is 5.95. The minimum absolute atomic E-state index is 0.112. The first-order chi connectivity index (χ1) is 10.3. The quantitative estimate of drug-likeness (QED) is 0.426. The molecule has 0 fully saturated rings. The fourth-order valence-electron chi connectivity index (χ4n) is 2.84. The maximum Gasteiger partial charge on any atom is 0.103 e. The highest BCUT2D eigenvalue weighted by atomic mass is 15.3. The van der Waals surface area contributed by atoms with E-state index in [2.05, 4.69) is 29.0 Å². The molecule has 0 aliphatic carbocycles. The van der Waals surface area contributed by atoms with Crippen LogP contribution in [0.15, 0.2) is 17.1 Å². The van der Waals surface area contributed by atoms with E-state index in [1.807, 2.05) is 13.1 Å². The maximum absolute atomic E-state index is 5.95. The van der Waals surface area contributed by atoms with Gasteiger partial charge in [-0.05, 0) is 39.0 Å². The summed E-state index contributed by atoms with van der Waals surface area (Å²) in [5, 5.41) is 0. The van der Waals surface area contributed by atoms with E-state index in [0.29, 0.717) is 6.17 Å². The molecule has 2 N–H and O–H groups in total. The lowest BCUT2D eigenvalue weighted by Crippen LogP contribution is -2.43. The van der Waals surface area contributed by atoms with E-state index < -0.39 is 0 Å². The van der Waals surface area contributed by atoms with Gasteiger partial charge in [0.15, 0.2) is 0 Å². The molecule has 0 saturated heterocycles. The van der Waals surface area contributed by atoms with E-state index in [0.717, 1.165) is 13.0 Å². The molecule has 0 aromatic carbocycles. The van der Waals surface area contributed by atoms with Gasteiger partial charge in [-0.3, -0.25) is 9.89 Å². The average molecular weight is 293 g/mol.